The van der Waals surface area contributed by atoms with E-state index in [0.717, 1.165) is 12.3 Å². The summed E-state index contributed by atoms with van der Waals surface area (Å²) in [7, 11) is -3.39. The zero-order valence-electron chi connectivity index (χ0n) is 8.88. The van der Waals surface area contributed by atoms with E-state index >= 15 is 0 Å². The third kappa shape index (κ3) is 2.79. The first kappa shape index (κ1) is 12.6. The third-order valence-corrected chi connectivity index (χ3v) is 3.76. The van der Waals surface area contributed by atoms with Crippen molar-refractivity contribution >= 4 is 15.5 Å². The van der Waals surface area contributed by atoms with E-state index in [2.05, 4.69) is 5.16 Å². The molecule has 0 aromatic heterocycles. The Bertz CT molecular complexity index is 511. The molecule has 4 nitrogen and oxygen atoms in total. The van der Waals surface area contributed by atoms with Crippen LogP contribution in [-0.4, -0.2) is 30.8 Å². The standard InChI is InChI=1S/C10H12FNO3S/c1-7(16(2,14)15)10(12-13)8-4-3-5-9(11)6-8/h3-7,13H,1-2H3/b12-10+/t7-/m1/s1. The van der Waals surface area contributed by atoms with Gasteiger partial charge in [0.25, 0.3) is 0 Å². The van der Waals surface area contributed by atoms with Crippen LogP contribution in [0.5, 0.6) is 0 Å². The molecular formula is C10H12FNO3S. The third-order valence-electron chi connectivity index (χ3n) is 2.26. The van der Waals surface area contributed by atoms with Gasteiger partial charge in [-0.3, -0.25) is 0 Å². The Morgan fingerprint density at radius 1 is 1.50 bits per heavy atom. The maximum absolute atomic E-state index is 12.9. The maximum atomic E-state index is 12.9. The van der Waals surface area contributed by atoms with Crippen LogP contribution in [0.15, 0.2) is 29.4 Å². The summed E-state index contributed by atoms with van der Waals surface area (Å²) in [4.78, 5) is 0. The van der Waals surface area contributed by atoms with E-state index in [1.54, 1.807) is 0 Å². The second-order valence-electron chi connectivity index (χ2n) is 3.47. The van der Waals surface area contributed by atoms with Gasteiger partial charge in [0.1, 0.15) is 16.8 Å². The number of benzene rings is 1. The van der Waals surface area contributed by atoms with Crippen molar-refractivity contribution in [1.82, 2.24) is 0 Å². The summed E-state index contributed by atoms with van der Waals surface area (Å²) < 4.78 is 35.5. The van der Waals surface area contributed by atoms with Crippen molar-refractivity contribution in [3.63, 3.8) is 0 Å². The van der Waals surface area contributed by atoms with Gasteiger partial charge in [0.2, 0.25) is 0 Å². The summed E-state index contributed by atoms with van der Waals surface area (Å²) in [6.07, 6.45) is 1.03. The van der Waals surface area contributed by atoms with Crippen LogP contribution < -0.4 is 0 Å². The number of hydrogen-bond acceptors (Lipinski definition) is 4. The average Bonchev–Trinajstić information content (AvgIpc) is 2.17. The monoisotopic (exact) mass is 245 g/mol. The zero-order valence-corrected chi connectivity index (χ0v) is 9.70. The molecule has 1 N–H and O–H groups in total. The predicted octanol–water partition coefficient (Wildman–Crippen LogP) is 1.44. The van der Waals surface area contributed by atoms with Crippen LogP contribution in [-0.2, 0) is 9.84 Å². The van der Waals surface area contributed by atoms with Crippen LogP contribution in [0.1, 0.15) is 12.5 Å². The zero-order chi connectivity index (χ0) is 12.3. The van der Waals surface area contributed by atoms with Crippen LogP contribution >= 0.6 is 0 Å². The summed E-state index contributed by atoms with van der Waals surface area (Å²) in [5, 5.41) is 10.8. The molecule has 0 heterocycles. The van der Waals surface area contributed by atoms with Crippen molar-refractivity contribution in [3.8, 4) is 0 Å². The normalized spacial score (nSPS) is 14.8. The van der Waals surface area contributed by atoms with E-state index in [-0.39, 0.29) is 11.3 Å². The molecule has 0 aliphatic heterocycles. The summed E-state index contributed by atoms with van der Waals surface area (Å²) in [5.41, 5.74) is 0.183. The number of halogens is 1. The SMILES string of the molecule is C[C@H](/C(=N\O)c1cccc(F)c1)S(C)(=O)=O. The van der Waals surface area contributed by atoms with Crippen LogP contribution in [0.2, 0.25) is 0 Å². The lowest BCUT2D eigenvalue weighted by atomic mass is 10.1. The number of nitrogens with zero attached hydrogens (tertiary/aromatic N) is 1. The van der Waals surface area contributed by atoms with Crippen LogP contribution in [0.3, 0.4) is 0 Å². The highest BCUT2D eigenvalue weighted by Crippen LogP contribution is 2.12. The number of sulfone groups is 1. The molecule has 0 saturated heterocycles. The van der Waals surface area contributed by atoms with Crippen molar-refractivity contribution in [1.29, 1.82) is 0 Å². The molecular weight excluding hydrogens is 233 g/mol. The molecule has 6 heteroatoms. The minimum atomic E-state index is -3.39. The number of hydrogen-bond donors (Lipinski definition) is 1. The van der Waals surface area contributed by atoms with E-state index in [1.165, 1.54) is 25.1 Å². The number of rotatable bonds is 3. The van der Waals surface area contributed by atoms with Gasteiger partial charge in [0, 0.05) is 11.8 Å². The Morgan fingerprint density at radius 3 is 2.56 bits per heavy atom. The first-order chi connectivity index (χ1) is 7.36. The average molecular weight is 245 g/mol. The Kier molecular flexibility index (Phi) is 3.64. The van der Waals surface area contributed by atoms with Crippen LogP contribution in [0.4, 0.5) is 4.39 Å². The van der Waals surface area contributed by atoms with Crippen molar-refractivity contribution in [3.05, 3.63) is 35.6 Å². The molecule has 88 valence electrons. The Hall–Kier alpha value is -1.43. The van der Waals surface area contributed by atoms with E-state index in [1.807, 2.05) is 0 Å². The molecule has 0 unspecified atom stereocenters. The minimum Gasteiger partial charge on any atom is -0.411 e. The summed E-state index contributed by atoms with van der Waals surface area (Å²) >= 11 is 0. The van der Waals surface area contributed by atoms with Crippen molar-refractivity contribution in [2.45, 2.75) is 12.2 Å². The highest BCUT2D eigenvalue weighted by atomic mass is 32.2. The second-order valence-corrected chi connectivity index (χ2v) is 5.83. The van der Waals surface area contributed by atoms with Gasteiger partial charge < -0.3 is 5.21 Å². The van der Waals surface area contributed by atoms with Gasteiger partial charge in [-0.05, 0) is 19.1 Å². The minimum absolute atomic E-state index is 0.0676. The van der Waals surface area contributed by atoms with E-state index < -0.39 is 20.9 Å². The topological polar surface area (TPSA) is 66.7 Å². The van der Waals surface area contributed by atoms with Gasteiger partial charge >= 0.3 is 0 Å². The van der Waals surface area contributed by atoms with E-state index in [4.69, 9.17) is 5.21 Å². The summed E-state index contributed by atoms with van der Waals surface area (Å²) in [6, 6.07) is 5.25. The van der Waals surface area contributed by atoms with Crippen LogP contribution in [0, 0.1) is 5.82 Å². The fraction of sp³-hybridized carbons (Fsp3) is 0.300. The molecule has 0 spiro atoms. The Morgan fingerprint density at radius 2 is 2.12 bits per heavy atom. The van der Waals surface area contributed by atoms with E-state index in [9.17, 15) is 12.8 Å². The van der Waals surface area contributed by atoms with Crippen molar-refractivity contribution in [2.24, 2.45) is 5.16 Å². The van der Waals surface area contributed by atoms with Crippen molar-refractivity contribution in [2.75, 3.05) is 6.26 Å². The molecule has 0 aliphatic rings. The van der Waals surface area contributed by atoms with Gasteiger partial charge in [-0.1, -0.05) is 17.3 Å². The van der Waals surface area contributed by atoms with Gasteiger partial charge in [0.05, 0.1) is 0 Å². The quantitative estimate of drug-likeness (QED) is 0.497. The largest absolute Gasteiger partial charge is 0.411 e. The first-order valence-electron chi connectivity index (χ1n) is 4.53. The fourth-order valence-corrected chi connectivity index (χ4v) is 1.81. The highest BCUT2D eigenvalue weighted by molar-refractivity contribution is 7.92. The predicted molar refractivity (Wildman–Crippen MR) is 59.0 cm³/mol. The lowest BCUT2D eigenvalue weighted by Crippen LogP contribution is -2.27. The van der Waals surface area contributed by atoms with Gasteiger partial charge in [-0.15, -0.1) is 0 Å². The lowest BCUT2D eigenvalue weighted by molar-refractivity contribution is 0.318. The molecule has 0 amide bonds. The summed E-state index contributed by atoms with van der Waals surface area (Å²) in [6.45, 7) is 1.38. The van der Waals surface area contributed by atoms with Crippen molar-refractivity contribution < 1.29 is 18.0 Å². The highest BCUT2D eigenvalue weighted by Gasteiger charge is 2.23. The molecule has 1 aromatic carbocycles. The van der Waals surface area contributed by atoms with Gasteiger partial charge in [0.15, 0.2) is 9.84 Å². The Labute approximate surface area is 93.3 Å². The molecule has 1 aromatic rings. The number of oxime groups is 1. The molecule has 16 heavy (non-hydrogen) atoms. The van der Waals surface area contributed by atoms with Gasteiger partial charge in [-0.2, -0.15) is 0 Å². The molecule has 0 fully saturated rings. The molecule has 1 atom stereocenters. The Balaban J connectivity index is 3.20. The molecule has 0 radical (unpaired) electrons. The first-order valence-corrected chi connectivity index (χ1v) is 6.48. The molecule has 0 bridgehead atoms. The molecule has 0 saturated carbocycles. The summed E-state index contributed by atoms with van der Waals surface area (Å²) in [5.74, 6) is -0.514. The van der Waals surface area contributed by atoms with Gasteiger partial charge in [-0.25, -0.2) is 12.8 Å². The molecule has 1 rings (SSSR count). The van der Waals surface area contributed by atoms with Crippen LogP contribution in [0.25, 0.3) is 0 Å². The second kappa shape index (κ2) is 4.61. The smallest absolute Gasteiger partial charge is 0.155 e. The maximum Gasteiger partial charge on any atom is 0.155 e. The van der Waals surface area contributed by atoms with E-state index in [0.29, 0.717) is 0 Å². The molecule has 0 aliphatic carbocycles. The lowest BCUT2D eigenvalue weighted by Gasteiger charge is -2.11. The fourth-order valence-electron chi connectivity index (χ4n) is 1.22.